The molecule has 2 rings (SSSR count). The maximum Gasteiger partial charge on any atom is 0.310 e. The maximum absolute atomic E-state index is 11.5. The van der Waals surface area contributed by atoms with Gasteiger partial charge in [-0.3, -0.25) is 4.79 Å². The number of rotatable bonds is 7. The van der Waals surface area contributed by atoms with Gasteiger partial charge in [-0.1, -0.05) is 51.0 Å². The van der Waals surface area contributed by atoms with Crippen molar-refractivity contribution in [2.24, 2.45) is 0 Å². The standard InChI is InChI=1S/C18H22O2S/c1-3-5-8-13-21-17-12-11-16(20-18(19)4-2)14-9-6-7-10-15(14)17/h6-7,9-12H,3-5,8,13H2,1-2H3. The molecule has 0 unspecified atom stereocenters. The third-order valence-corrected chi connectivity index (χ3v) is 4.52. The fourth-order valence-electron chi connectivity index (χ4n) is 2.19. The Morgan fingerprint density at radius 2 is 1.81 bits per heavy atom. The molecule has 21 heavy (non-hydrogen) atoms. The first-order valence-corrected chi connectivity index (χ1v) is 8.60. The van der Waals surface area contributed by atoms with Gasteiger partial charge in [0.2, 0.25) is 0 Å². The van der Waals surface area contributed by atoms with Gasteiger partial charge >= 0.3 is 5.97 Å². The summed E-state index contributed by atoms with van der Waals surface area (Å²) in [5, 5.41) is 2.18. The van der Waals surface area contributed by atoms with Gasteiger partial charge in [0, 0.05) is 16.7 Å². The molecule has 0 aliphatic heterocycles. The second-order valence-electron chi connectivity index (χ2n) is 4.99. The third kappa shape index (κ3) is 4.24. The van der Waals surface area contributed by atoms with Gasteiger partial charge in [0.15, 0.2) is 0 Å². The lowest BCUT2D eigenvalue weighted by Crippen LogP contribution is -2.05. The summed E-state index contributed by atoms with van der Waals surface area (Å²) in [7, 11) is 0. The van der Waals surface area contributed by atoms with E-state index in [-0.39, 0.29) is 5.97 Å². The lowest BCUT2D eigenvalue weighted by molar-refractivity contribution is -0.133. The average molecular weight is 302 g/mol. The quantitative estimate of drug-likeness (QED) is 0.295. The third-order valence-electron chi connectivity index (χ3n) is 3.36. The summed E-state index contributed by atoms with van der Waals surface area (Å²) in [4.78, 5) is 12.8. The van der Waals surface area contributed by atoms with Crippen LogP contribution in [0.25, 0.3) is 10.8 Å². The fraction of sp³-hybridized carbons (Fsp3) is 0.389. The van der Waals surface area contributed by atoms with Crippen LogP contribution in [0.5, 0.6) is 5.75 Å². The Labute approximate surface area is 130 Å². The largest absolute Gasteiger partial charge is 0.426 e. The van der Waals surface area contributed by atoms with Crippen LogP contribution in [0.4, 0.5) is 0 Å². The molecular formula is C18H22O2S. The summed E-state index contributed by atoms with van der Waals surface area (Å²) in [5.74, 6) is 1.60. The van der Waals surface area contributed by atoms with Crippen LogP contribution < -0.4 is 4.74 Å². The molecule has 0 saturated carbocycles. The first kappa shape index (κ1) is 15.9. The van der Waals surface area contributed by atoms with Gasteiger partial charge in [-0.25, -0.2) is 0 Å². The summed E-state index contributed by atoms with van der Waals surface area (Å²) in [6, 6.07) is 12.1. The molecule has 0 radical (unpaired) electrons. The zero-order chi connectivity index (χ0) is 15.1. The van der Waals surface area contributed by atoms with E-state index >= 15 is 0 Å². The highest BCUT2D eigenvalue weighted by atomic mass is 32.2. The Hall–Kier alpha value is -1.48. The molecule has 0 heterocycles. The Morgan fingerprint density at radius 1 is 1.05 bits per heavy atom. The molecule has 0 aromatic heterocycles. The summed E-state index contributed by atoms with van der Waals surface area (Å²) in [6.07, 6.45) is 4.15. The molecule has 0 spiro atoms. The van der Waals surface area contributed by atoms with E-state index in [0.717, 1.165) is 11.1 Å². The number of carbonyl (C=O) groups excluding carboxylic acids is 1. The second-order valence-corrected chi connectivity index (χ2v) is 6.13. The minimum atomic E-state index is -0.191. The highest BCUT2D eigenvalue weighted by molar-refractivity contribution is 7.99. The van der Waals surface area contributed by atoms with Crippen molar-refractivity contribution < 1.29 is 9.53 Å². The molecule has 0 saturated heterocycles. The number of ether oxygens (including phenoxy) is 1. The van der Waals surface area contributed by atoms with Gasteiger partial charge in [0.05, 0.1) is 0 Å². The topological polar surface area (TPSA) is 26.3 Å². The molecule has 0 atom stereocenters. The molecule has 0 N–H and O–H groups in total. The molecule has 2 aromatic rings. The van der Waals surface area contributed by atoms with Crippen molar-refractivity contribution in [2.75, 3.05) is 5.75 Å². The monoisotopic (exact) mass is 302 g/mol. The minimum Gasteiger partial charge on any atom is -0.426 e. The van der Waals surface area contributed by atoms with Gasteiger partial charge < -0.3 is 4.74 Å². The van der Waals surface area contributed by atoms with Crippen molar-refractivity contribution in [3.05, 3.63) is 36.4 Å². The predicted octanol–water partition coefficient (Wildman–Crippen LogP) is 5.44. The van der Waals surface area contributed by atoms with Gasteiger partial charge in [-0.15, -0.1) is 11.8 Å². The minimum absolute atomic E-state index is 0.191. The average Bonchev–Trinajstić information content (AvgIpc) is 2.53. The van der Waals surface area contributed by atoms with Crippen LogP contribution in [0.1, 0.15) is 39.5 Å². The van der Waals surface area contributed by atoms with E-state index in [2.05, 4.69) is 19.1 Å². The van der Waals surface area contributed by atoms with Gasteiger partial charge in [-0.05, 0) is 29.7 Å². The molecule has 0 amide bonds. The van der Waals surface area contributed by atoms with E-state index in [4.69, 9.17) is 4.74 Å². The summed E-state index contributed by atoms with van der Waals surface area (Å²) >= 11 is 1.88. The Bertz CT molecular complexity index is 607. The van der Waals surface area contributed by atoms with E-state index in [1.54, 1.807) is 0 Å². The van der Waals surface area contributed by atoms with Crippen LogP contribution in [0.3, 0.4) is 0 Å². The van der Waals surface area contributed by atoms with Gasteiger partial charge in [0.25, 0.3) is 0 Å². The van der Waals surface area contributed by atoms with Crippen LogP contribution in [-0.4, -0.2) is 11.7 Å². The molecule has 112 valence electrons. The van der Waals surface area contributed by atoms with E-state index in [1.165, 1.54) is 29.5 Å². The molecule has 0 aliphatic rings. The fourth-order valence-corrected chi connectivity index (χ4v) is 3.25. The SMILES string of the molecule is CCCCCSc1ccc(OC(=O)CC)c2ccccc12. The lowest BCUT2D eigenvalue weighted by Gasteiger charge is -2.11. The van der Waals surface area contributed by atoms with Crippen LogP contribution in [0.2, 0.25) is 0 Å². The maximum atomic E-state index is 11.5. The number of hydrogen-bond donors (Lipinski definition) is 0. The van der Waals surface area contributed by atoms with E-state index < -0.39 is 0 Å². The number of benzene rings is 2. The highest BCUT2D eigenvalue weighted by Gasteiger charge is 2.09. The molecule has 3 heteroatoms. The molecule has 0 fully saturated rings. The number of fused-ring (bicyclic) bond motifs is 1. The Balaban J connectivity index is 2.24. The highest BCUT2D eigenvalue weighted by Crippen LogP contribution is 2.34. The lowest BCUT2D eigenvalue weighted by atomic mass is 10.1. The van der Waals surface area contributed by atoms with Crippen molar-refractivity contribution in [1.29, 1.82) is 0 Å². The second kappa shape index (κ2) is 8.08. The molecule has 0 bridgehead atoms. The van der Waals surface area contributed by atoms with E-state index in [1.807, 2.05) is 43.0 Å². The molecule has 2 nitrogen and oxygen atoms in total. The first-order valence-electron chi connectivity index (χ1n) is 7.61. The number of unbranched alkanes of at least 4 members (excludes halogenated alkanes) is 2. The zero-order valence-electron chi connectivity index (χ0n) is 12.7. The number of hydrogen-bond acceptors (Lipinski definition) is 3. The smallest absolute Gasteiger partial charge is 0.310 e. The number of carbonyl (C=O) groups is 1. The van der Waals surface area contributed by atoms with E-state index in [0.29, 0.717) is 12.2 Å². The van der Waals surface area contributed by atoms with Crippen molar-refractivity contribution in [3.63, 3.8) is 0 Å². The predicted molar refractivity (Wildman–Crippen MR) is 90.1 cm³/mol. The van der Waals surface area contributed by atoms with Crippen molar-refractivity contribution in [2.45, 2.75) is 44.4 Å². The van der Waals surface area contributed by atoms with Crippen molar-refractivity contribution in [3.8, 4) is 5.75 Å². The number of esters is 1. The van der Waals surface area contributed by atoms with Crippen molar-refractivity contribution in [1.82, 2.24) is 0 Å². The Kier molecular flexibility index (Phi) is 6.12. The molecular weight excluding hydrogens is 280 g/mol. The van der Waals surface area contributed by atoms with Crippen LogP contribution in [-0.2, 0) is 4.79 Å². The Morgan fingerprint density at radius 3 is 2.52 bits per heavy atom. The van der Waals surface area contributed by atoms with E-state index in [9.17, 15) is 4.79 Å². The summed E-state index contributed by atoms with van der Waals surface area (Å²) < 4.78 is 5.43. The van der Waals surface area contributed by atoms with Gasteiger partial charge in [0.1, 0.15) is 5.75 Å². The van der Waals surface area contributed by atoms with Crippen LogP contribution >= 0.6 is 11.8 Å². The first-order chi connectivity index (χ1) is 10.3. The number of thioether (sulfide) groups is 1. The van der Waals surface area contributed by atoms with Crippen LogP contribution in [0.15, 0.2) is 41.3 Å². The molecule has 2 aromatic carbocycles. The van der Waals surface area contributed by atoms with Crippen molar-refractivity contribution >= 4 is 28.5 Å². The van der Waals surface area contributed by atoms with Gasteiger partial charge in [-0.2, -0.15) is 0 Å². The molecule has 0 aliphatic carbocycles. The van der Waals surface area contributed by atoms with Crippen LogP contribution in [0, 0.1) is 0 Å². The normalized spacial score (nSPS) is 10.8. The zero-order valence-corrected chi connectivity index (χ0v) is 13.5. The summed E-state index contributed by atoms with van der Waals surface area (Å²) in [5.41, 5.74) is 0. The summed E-state index contributed by atoms with van der Waals surface area (Å²) in [6.45, 7) is 4.03.